The Bertz CT molecular complexity index is 1600. The predicted molar refractivity (Wildman–Crippen MR) is 138 cm³/mol. The van der Waals surface area contributed by atoms with E-state index >= 15 is 0 Å². The summed E-state index contributed by atoms with van der Waals surface area (Å²) in [6.45, 7) is 1.73. The van der Waals surface area contributed by atoms with E-state index in [4.69, 9.17) is 15.2 Å². The van der Waals surface area contributed by atoms with Gasteiger partial charge >= 0.3 is 6.18 Å². The third-order valence-corrected chi connectivity index (χ3v) is 6.99. The molecule has 0 spiro atoms. The molecule has 0 aliphatic carbocycles. The minimum Gasteiger partial charge on any atom is -0.485 e. The Kier molecular flexibility index (Phi) is 8.35. The van der Waals surface area contributed by atoms with Crippen LogP contribution in [0.5, 0.6) is 17.2 Å². The van der Waals surface area contributed by atoms with Gasteiger partial charge in [-0.2, -0.15) is 13.2 Å². The number of rotatable bonds is 9. The molecule has 0 bridgehead atoms. The lowest BCUT2D eigenvalue weighted by Crippen LogP contribution is -2.30. The summed E-state index contributed by atoms with van der Waals surface area (Å²) in [5.41, 5.74) is 4.90. The Morgan fingerprint density at radius 2 is 1.70 bits per heavy atom. The van der Waals surface area contributed by atoms with Crippen molar-refractivity contribution < 1.29 is 35.9 Å². The van der Waals surface area contributed by atoms with Crippen LogP contribution < -0.4 is 19.9 Å². The van der Waals surface area contributed by atoms with Crippen molar-refractivity contribution in [3.63, 3.8) is 0 Å². The van der Waals surface area contributed by atoms with E-state index in [1.165, 1.54) is 43.0 Å². The number of nitrogens with zero attached hydrogens (tertiary/aromatic N) is 2. The molecule has 0 aliphatic rings. The quantitative estimate of drug-likeness (QED) is 0.286. The van der Waals surface area contributed by atoms with Crippen LogP contribution in [0.3, 0.4) is 0 Å². The Morgan fingerprint density at radius 1 is 1.00 bits per heavy atom. The van der Waals surface area contributed by atoms with Gasteiger partial charge in [0.25, 0.3) is 15.9 Å². The first kappa shape index (κ1) is 28.5. The second-order valence-electron chi connectivity index (χ2n) is 8.50. The van der Waals surface area contributed by atoms with E-state index in [1.54, 1.807) is 35.9 Å². The Hall–Kier alpha value is -4.49. The number of ether oxygens (including phenoxy) is 2. The normalized spacial score (nSPS) is 12.4. The number of hydrogen-bond acceptors (Lipinski definition) is 8. The standard InChI is InChI=1S/C27H23F3N4O5S/c1-17(19-3-2-4-21(11-19)39-22-14-32-16-33-15-22)38-25-10-7-20(12-24(25)27(28,29)30)26(35)34-40(36,37)23-8-5-18(13-31)6-9-23/h2-12,14-17H,13,31H2,1H3,(H,34,35). The summed E-state index contributed by atoms with van der Waals surface area (Å²) >= 11 is 0. The van der Waals surface area contributed by atoms with Crippen LogP contribution in [-0.4, -0.2) is 24.3 Å². The summed E-state index contributed by atoms with van der Waals surface area (Å²) in [7, 11) is -4.35. The summed E-state index contributed by atoms with van der Waals surface area (Å²) in [5, 5.41) is 0. The molecule has 1 unspecified atom stereocenters. The number of carbonyl (C=O) groups is 1. The molecule has 1 aromatic heterocycles. The molecule has 0 saturated heterocycles. The van der Waals surface area contributed by atoms with Crippen LogP contribution in [0.4, 0.5) is 13.2 Å². The number of sulfonamides is 1. The summed E-state index contributed by atoms with van der Waals surface area (Å²) in [6, 6.07) is 14.5. The van der Waals surface area contributed by atoms with E-state index in [0.717, 1.165) is 12.1 Å². The average Bonchev–Trinajstić information content (AvgIpc) is 2.93. The van der Waals surface area contributed by atoms with Crippen molar-refractivity contribution in [1.82, 2.24) is 14.7 Å². The first-order chi connectivity index (χ1) is 19.0. The SMILES string of the molecule is CC(Oc1ccc(C(=O)NS(=O)(=O)c2ccc(CN)cc2)cc1C(F)(F)F)c1cccc(Oc2cncnc2)c1. The summed E-state index contributed by atoms with van der Waals surface area (Å²) in [4.78, 5) is 20.1. The Labute approximate surface area is 227 Å². The zero-order valence-electron chi connectivity index (χ0n) is 20.9. The Balaban J connectivity index is 1.54. The minimum absolute atomic E-state index is 0.183. The molecular weight excluding hydrogens is 549 g/mol. The molecule has 9 nitrogen and oxygen atoms in total. The van der Waals surface area contributed by atoms with Gasteiger partial charge in [-0.3, -0.25) is 4.79 Å². The van der Waals surface area contributed by atoms with Gasteiger partial charge in [0.1, 0.15) is 23.9 Å². The van der Waals surface area contributed by atoms with Crippen LogP contribution in [0.15, 0.2) is 90.3 Å². The van der Waals surface area contributed by atoms with E-state index in [0.29, 0.717) is 28.7 Å². The van der Waals surface area contributed by atoms with Gasteiger partial charge in [0.2, 0.25) is 0 Å². The fourth-order valence-corrected chi connectivity index (χ4v) is 4.58. The van der Waals surface area contributed by atoms with Gasteiger partial charge in [-0.15, -0.1) is 0 Å². The molecule has 0 saturated carbocycles. The second-order valence-corrected chi connectivity index (χ2v) is 10.2. The molecule has 1 atom stereocenters. The molecule has 4 rings (SSSR count). The average molecular weight is 573 g/mol. The molecule has 13 heteroatoms. The molecular formula is C27H23F3N4O5S. The van der Waals surface area contributed by atoms with Gasteiger partial charge in [0.15, 0.2) is 5.75 Å². The van der Waals surface area contributed by atoms with Gasteiger partial charge in [-0.25, -0.2) is 23.1 Å². The molecule has 3 N–H and O–H groups in total. The number of aromatic nitrogens is 2. The van der Waals surface area contributed by atoms with E-state index in [1.807, 2.05) is 0 Å². The maximum absolute atomic E-state index is 14.0. The lowest BCUT2D eigenvalue weighted by atomic mass is 10.1. The number of nitrogens with one attached hydrogen (secondary N) is 1. The molecule has 208 valence electrons. The van der Waals surface area contributed by atoms with Crippen molar-refractivity contribution in [2.24, 2.45) is 5.73 Å². The number of halogens is 3. The monoisotopic (exact) mass is 572 g/mol. The highest BCUT2D eigenvalue weighted by atomic mass is 32.2. The number of alkyl halides is 3. The smallest absolute Gasteiger partial charge is 0.419 e. The maximum atomic E-state index is 14.0. The van der Waals surface area contributed by atoms with Crippen molar-refractivity contribution in [1.29, 1.82) is 0 Å². The van der Waals surface area contributed by atoms with Crippen LogP contribution in [0.2, 0.25) is 0 Å². The molecule has 40 heavy (non-hydrogen) atoms. The van der Waals surface area contributed by atoms with Crippen LogP contribution in [0, 0.1) is 0 Å². The lowest BCUT2D eigenvalue weighted by molar-refractivity contribution is -0.139. The van der Waals surface area contributed by atoms with Gasteiger partial charge < -0.3 is 15.2 Å². The third-order valence-electron chi connectivity index (χ3n) is 5.65. The van der Waals surface area contributed by atoms with Gasteiger partial charge in [-0.05, 0) is 60.5 Å². The van der Waals surface area contributed by atoms with E-state index < -0.39 is 45.1 Å². The molecule has 1 heterocycles. The zero-order chi connectivity index (χ0) is 28.9. The molecule has 1 amide bonds. The van der Waals surface area contributed by atoms with Crippen LogP contribution in [0.1, 0.15) is 40.1 Å². The maximum Gasteiger partial charge on any atom is 0.419 e. The molecule has 0 aliphatic heterocycles. The van der Waals surface area contributed by atoms with Gasteiger partial charge in [0.05, 0.1) is 22.9 Å². The molecule has 4 aromatic rings. The van der Waals surface area contributed by atoms with Crippen molar-refractivity contribution in [2.45, 2.75) is 30.6 Å². The molecule has 0 fully saturated rings. The summed E-state index contributed by atoms with van der Waals surface area (Å²) in [6.07, 6.45) is -1.51. The minimum atomic E-state index is -4.90. The van der Waals surface area contributed by atoms with Crippen molar-refractivity contribution in [2.75, 3.05) is 0 Å². The van der Waals surface area contributed by atoms with E-state index in [9.17, 15) is 26.4 Å². The van der Waals surface area contributed by atoms with Crippen LogP contribution in [0.25, 0.3) is 0 Å². The topological polar surface area (TPSA) is 134 Å². The highest BCUT2D eigenvalue weighted by molar-refractivity contribution is 7.90. The number of nitrogens with two attached hydrogens (primary N) is 1. The number of benzene rings is 3. The van der Waals surface area contributed by atoms with E-state index in [2.05, 4.69) is 9.97 Å². The largest absolute Gasteiger partial charge is 0.485 e. The van der Waals surface area contributed by atoms with Crippen molar-refractivity contribution in [3.8, 4) is 17.2 Å². The van der Waals surface area contributed by atoms with Gasteiger partial charge in [0, 0.05) is 12.1 Å². The summed E-state index contributed by atoms with van der Waals surface area (Å²) < 4.78 is 80.1. The number of amides is 1. The first-order valence-electron chi connectivity index (χ1n) is 11.7. The third kappa shape index (κ3) is 6.93. The van der Waals surface area contributed by atoms with Crippen LogP contribution >= 0.6 is 0 Å². The second kappa shape index (κ2) is 11.7. The molecule has 0 radical (unpaired) electrons. The Morgan fingerprint density at radius 3 is 2.35 bits per heavy atom. The fraction of sp³-hybridized carbons (Fsp3) is 0.148. The fourth-order valence-electron chi connectivity index (χ4n) is 3.60. The van der Waals surface area contributed by atoms with Gasteiger partial charge in [-0.1, -0.05) is 24.3 Å². The predicted octanol–water partition coefficient (Wildman–Crippen LogP) is 5.01. The highest BCUT2D eigenvalue weighted by Crippen LogP contribution is 2.39. The summed E-state index contributed by atoms with van der Waals surface area (Å²) in [5.74, 6) is -1.01. The lowest BCUT2D eigenvalue weighted by Gasteiger charge is -2.20. The van der Waals surface area contributed by atoms with Crippen molar-refractivity contribution in [3.05, 3.63) is 108 Å². The zero-order valence-corrected chi connectivity index (χ0v) is 21.7. The highest BCUT2D eigenvalue weighted by Gasteiger charge is 2.36. The van der Waals surface area contributed by atoms with E-state index in [-0.39, 0.29) is 11.4 Å². The number of hydrogen-bond donors (Lipinski definition) is 2. The first-order valence-corrected chi connectivity index (χ1v) is 13.2. The number of carbonyl (C=O) groups excluding carboxylic acids is 1. The van der Waals surface area contributed by atoms with Crippen LogP contribution in [-0.2, 0) is 22.7 Å². The molecule has 3 aromatic carbocycles. The van der Waals surface area contributed by atoms with Crippen molar-refractivity contribution >= 4 is 15.9 Å².